The highest BCUT2D eigenvalue weighted by molar-refractivity contribution is 7.24. The van der Waals surface area contributed by atoms with Gasteiger partial charge in [-0.05, 0) is 81.1 Å². The van der Waals surface area contributed by atoms with Crippen molar-refractivity contribution in [3.05, 3.63) is 80.4 Å². The van der Waals surface area contributed by atoms with Gasteiger partial charge in [0, 0.05) is 20.2 Å². The van der Waals surface area contributed by atoms with Crippen molar-refractivity contribution in [2.45, 2.75) is 26.2 Å². The molecule has 0 aliphatic carbocycles. The molecule has 0 saturated carbocycles. The molecule has 0 bridgehead atoms. The Morgan fingerprint density at radius 3 is 1.86 bits per heavy atom. The molecular formula is C25H18Cl2OS. The van der Waals surface area contributed by atoms with E-state index in [-0.39, 0.29) is 10.8 Å². The monoisotopic (exact) mass is 436 g/mol. The molecule has 0 amide bonds. The average Bonchev–Trinajstić information content (AvgIpc) is 2.66. The van der Waals surface area contributed by atoms with Crippen molar-refractivity contribution in [3.8, 4) is 0 Å². The predicted octanol–water partition coefficient (Wildman–Crippen LogP) is 8.33. The molecule has 4 aromatic carbocycles. The van der Waals surface area contributed by atoms with Gasteiger partial charge < -0.3 is 0 Å². The molecule has 4 heteroatoms. The molecule has 0 fully saturated rings. The maximum Gasteiger partial charge on any atom is 0.195 e. The number of benzene rings is 4. The second kappa shape index (κ2) is 6.43. The Morgan fingerprint density at radius 1 is 0.690 bits per heavy atom. The topological polar surface area (TPSA) is 17.1 Å². The summed E-state index contributed by atoms with van der Waals surface area (Å²) in [5.41, 5.74) is 1.27. The Labute approximate surface area is 182 Å². The van der Waals surface area contributed by atoms with Crippen LogP contribution in [0.5, 0.6) is 0 Å². The summed E-state index contributed by atoms with van der Waals surface area (Å²) in [5, 5.41) is 6.80. The summed E-state index contributed by atoms with van der Waals surface area (Å²) in [4.78, 5) is 13.3. The lowest BCUT2D eigenvalue weighted by atomic mass is 9.86. The number of rotatable bonds is 0. The molecule has 0 radical (unpaired) electrons. The Hall–Kier alpha value is -2.13. The molecule has 1 aromatic heterocycles. The standard InChI is InChI=1S/C25H18Cl2OS/c1-25(2,3)17-4-5-22-19(12-17)24(28)18-8-13-6-14-9-20(26)21(27)10-15(14)7-16(13)11-23(18)29-22/h4-12H,1-3H3. The van der Waals surface area contributed by atoms with E-state index in [1.54, 1.807) is 11.3 Å². The van der Waals surface area contributed by atoms with Crippen LogP contribution in [-0.4, -0.2) is 0 Å². The van der Waals surface area contributed by atoms with Crippen LogP contribution in [0.2, 0.25) is 10.0 Å². The normalized spacial score (nSPS) is 12.4. The second-order valence-corrected chi connectivity index (χ2v) is 10.5. The third kappa shape index (κ3) is 3.11. The first kappa shape index (κ1) is 18.9. The van der Waals surface area contributed by atoms with Gasteiger partial charge in [-0.3, -0.25) is 4.79 Å². The van der Waals surface area contributed by atoms with E-state index in [4.69, 9.17) is 23.2 Å². The smallest absolute Gasteiger partial charge is 0.195 e. The third-order valence-corrected chi connectivity index (χ3v) is 7.34. The van der Waals surface area contributed by atoms with Gasteiger partial charge in [0.15, 0.2) is 5.43 Å². The maximum absolute atomic E-state index is 13.3. The molecule has 0 N–H and O–H groups in total. The molecule has 0 aliphatic heterocycles. The van der Waals surface area contributed by atoms with Crippen molar-refractivity contribution in [1.29, 1.82) is 0 Å². The van der Waals surface area contributed by atoms with Crippen LogP contribution in [0.25, 0.3) is 41.7 Å². The molecule has 5 rings (SSSR count). The molecule has 29 heavy (non-hydrogen) atoms. The van der Waals surface area contributed by atoms with E-state index in [9.17, 15) is 4.79 Å². The average molecular weight is 437 g/mol. The summed E-state index contributed by atoms with van der Waals surface area (Å²) in [6.45, 7) is 6.50. The Kier molecular flexibility index (Phi) is 4.19. The van der Waals surface area contributed by atoms with E-state index in [0.717, 1.165) is 41.7 Å². The molecule has 144 valence electrons. The molecule has 5 aromatic rings. The molecule has 0 spiro atoms. The zero-order chi connectivity index (χ0) is 20.5. The number of halogens is 2. The van der Waals surface area contributed by atoms with E-state index in [2.05, 4.69) is 57.2 Å². The first-order valence-corrected chi connectivity index (χ1v) is 11.0. The minimum absolute atomic E-state index is 0.00307. The van der Waals surface area contributed by atoms with Gasteiger partial charge in [0.05, 0.1) is 10.0 Å². The minimum Gasteiger partial charge on any atom is -0.289 e. The van der Waals surface area contributed by atoms with E-state index in [1.165, 1.54) is 5.56 Å². The van der Waals surface area contributed by atoms with Crippen molar-refractivity contribution in [1.82, 2.24) is 0 Å². The van der Waals surface area contributed by atoms with Crippen LogP contribution in [0.15, 0.2) is 59.4 Å². The van der Waals surface area contributed by atoms with Gasteiger partial charge in [0.2, 0.25) is 0 Å². The predicted molar refractivity (Wildman–Crippen MR) is 129 cm³/mol. The summed E-state index contributed by atoms with van der Waals surface area (Å²) in [6, 6.07) is 18.3. The quantitative estimate of drug-likeness (QED) is 0.223. The highest BCUT2D eigenvalue weighted by Crippen LogP contribution is 2.34. The Balaban J connectivity index is 1.86. The highest BCUT2D eigenvalue weighted by atomic mass is 35.5. The molecule has 0 atom stereocenters. The first-order valence-electron chi connectivity index (χ1n) is 9.44. The van der Waals surface area contributed by atoms with Gasteiger partial charge in [-0.1, -0.05) is 50.0 Å². The van der Waals surface area contributed by atoms with Crippen LogP contribution in [0, 0.1) is 0 Å². The zero-order valence-corrected chi connectivity index (χ0v) is 18.6. The fourth-order valence-corrected chi connectivity index (χ4v) is 5.24. The minimum atomic E-state index is 0.00307. The molecule has 1 nitrogen and oxygen atoms in total. The molecular weight excluding hydrogens is 419 g/mol. The number of hydrogen-bond acceptors (Lipinski definition) is 2. The van der Waals surface area contributed by atoms with Crippen LogP contribution >= 0.6 is 34.5 Å². The van der Waals surface area contributed by atoms with Crippen molar-refractivity contribution >= 4 is 76.3 Å². The first-order chi connectivity index (χ1) is 13.7. The van der Waals surface area contributed by atoms with Crippen LogP contribution in [0.4, 0.5) is 0 Å². The molecule has 1 heterocycles. The van der Waals surface area contributed by atoms with Crippen molar-refractivity contribution in [2.24, 2.45) is 0 Å². The van der Waals surface area contributed by atoms with Gasteiger partial charge in [-0.25, -0.2) is 0 Å². The lowest BCUT2D eigenvalue weighted by Crippen LogP contribution is -2.12. The van der Waals surface area contributed by atoms with Gasteiger partial charge in [0.25, 0.3) is 0 Å². The number of fused-ring (bicyclic) bond motifs is 4. The fraction of sp³-hybridized carbons (Fsp3) is 0.160. The van der Waals surface area contributed by atoms with Crippen molar-refractivity contribution < 1.29 is 0 Å². The highest BCUT2D eigenvalue weighted by Gasteiger charge is 2.16. The lowest BCUT2D eigenvalue weighted by molar-refractivity contribution is 0.591. The van der Waals surface area contributed by atoms with Crippen molar-refractivity contribution in [3.63, 3.8) is 0 Å². The van der Waals surface area contributed by atoms with Crippen LogP contribution < -0.4 is 5.43 Å². The van der Waals surface area contributed by atoms with Gasteiger partial charge in [-0.2, -0.15) is 0 Å². The SMILES string of the molecule is CC(C)(C)c1ccc2sc3cc4cc5cc(Cl)c(Cl)cc5cc4cc3c(=O)c2c1. The zero-order valence-electron chi connectivity index (χ0n) is 16.3. The van der Waals surface area contributed by atoms with Gasteiger partial charge >= 0.3 is 0 Å². The molecule has 0 aliphatic rings. The van der Waals surface area contributed by atoms with E-state index in [1.807, 2.05) is 18.2 Å². The van der Waals surface area contributed by atoms with Crippen LogP contribution in [-0.2, 0) is 5.41 Å². The van der Waals surface area contributed by atoms with E-state index >= 15 is 0 Å². The van der Waals surface area contributed by atoms with Gasteiger partial charge in [-0.15, -0.1) is 11.3 Å². The second-order valence-electron chi connectivity index (χ2n) is 8.55. The number of hydrogen-bond donors (Lipinski definition) is 0. The summed E-state index contributed by atoms with van der Waals surface area (Å²) in [7, 11) is 0. The summed E-state index contributed by atoms with van der Waals surface area (Å²) < 4.78 is 2.02. The van der Waals surface area contributed by atoms with E-state index < -0.39 is 0 Å². The Morgan fingerprint density at radius 2 is 1.24 bits per heavy atom. The maximum atomic E-state index is 13.3. The van der Waals surface area contributed by atoms with Gasteiger partial charge in [0.1, 0.15) is 0 Å². The molecule has 0 unspecified atom stereocenters. The fourth-order valence-electron chi connectivity index (χ4n) is 3.81. The van der Waals surface area contributed by atoms with E-state index in [0.29, 0.717) is 10.0 Å². The largest absolute Gasteiger partial charge is 0.289 e. The van der Waals surface area contributed by atoms with Crippen LogP contribution in [0.1, 0.15) is 26.3 Å². The lowest BCUT2D eigenvalue weighted by Gasteiger charge is -2.19. The third-order valence-electron chi connectivity index (χ3n) is 5.49. The van der Waals surface area contributed by atoms with Crippen molar-refractivity contribution in [2.75, 3.05) is 0 Å². The van der Waals surface area contributed by atoms with Crippen LogP contribution in [0.3, 0.4) is 0 Å². The summed E-state index contributed by atoms with van der Waals surface area (Å²) in [6.07, 6.45) is 0. The molecule has 0 saturated heterocycles. The Bertz CT molecular complexity index is 1520. The summed E-state index contributed by atoms with van der Waals surface area (Å²) in [5.74, 6) is 0. The summed E-state index contributed by atoms with van der Waals surface area (Å²) >= 11 is 14.1.